The molecule has 2 aromatic rings. The zero-order chi connectivity index (χ0) is 13.7. The minimum absolute atomic E-state index is 0.666. The number of benzene rings is 2. The van der Waals surface area contributed by atoms with Crippen molar-refractivity contribution in [2.24, 2.45) is 10.8 Å². The first-order chi connectivity index (χ1) is 9.16. The highest BCUT2D eigenvalue weighted by Gasteiger charge is 2.00. The largest absolute Gasteiger partial charge is 0.350 e. The summed E-state index contributed by atoms with van der Waals surface area (Å²) in [7, 11) is 0. The lowest BCUT2D eigenvalue weighted by Gasteiger charge is -2.04. The molecular weight excluding hydrogens is 238 g/mol. The van der Waals surface area contributed by atoms with Gasteiger partial charge in [-0.15, -0.1) is 0 Å². The molecule has 0 radical (unpaired) electrons. The van der Waals surface area contributed by atoms with Crippen LogP contribution in [0.3, 0.4) is 0 Å². The van der Waals surface area contributed by atoms with Crippen molar-refractivity contribution >= 4 is 11.7 Å². The van der Waals surface area contributed by atoms with Crippen molar-refractivity contribution in [2.75, 3.05) is 0 Å². The first-order valence-electron chi connectivity index (χ1n) is 5.92. The number of carbonyl (C=O) groups excluding carboxylic acids is 1. The summed E-state index contributed by atoms with van der Waals surface area (Å²) in [5.41, 5.74) is 11.1. The highest BCUT2D eigenvalue weighted by Crippen LogP contribution is 2.19. The minimum atomic E-state index is -0.666. The molecule has 0 saturated heterocycles. The van der Waals surface area contributed by atoms with Crippen LogP contribution in [0, 0.1) is 0 Å². The number of nitrogens with two attached hydrogens (primary N) is 1. The van der Waals surface area contributed by atoms with E-state index in [1.807, 2.05) is 49.4 Å². The van der Waals surface area contributed by atoms with Gasteiger partial charge in [0.15, 0.2) is 0 Å². The van der Waals surface area contributed by atoms with E-state index in [1.54, 1.807) is 0 Å². The van der Waals surface area contributed by atoms with Crippen molar-refractivity contribution in [3.8, 4) is 11.1 Å². The first-order valence-corrected chi connectivity index (χ1v) is 5.92. The van der Waals surface area contributed by atoms with Crippen molar-refractivity contribution in [3.05, 3.63) is 60.2 Å². The van der Waals surface area contributed by atoms with E-state index < -0.39 is 6.03 Å². The van der Waals surface area contributed by atoms with E-state index >= 15 is 0 Å². The summed E-state index contributed by atoms with van der Waals surface area (Å²) >= 11 is 0. The smallest absolute Gasteiger partial charge is 0.332 e. The molecule has 0 aliphatic carbocycles. The second-order valence-corrected chi connectivity index (χ2v) is 4.12. The number of nitrogens with one attached hydrogen (secondary N) is 1. The fourth-order valence-electron chi connectivity index (χ4n) is 1.74. The van der Waals surface area contributed by atoms with Gasteiger partial charge in [0.05, 0.1) is 5.71 Å². The molecule has 0 spiro atoms. The predicted molar refractivity (Wildman–Crippen MR) is 76.8 cm³/mol. The van der Waals surface area contributed by atoms with Crippen LogP contribution in [0.2, 0.25) is 0 Å². The number of primary amides is 1. The average Bonchev–Trinajstić information content (AvgIpc) is 2.46. The molecule has 0 atom stereocenters. The molecule has 0 fully saturated rings. The molecule has 96 valence electrons. The van der Waals surface area contributed by atoms with Crippen molar-refractivity contribution in [2.45, 2.75) is 6.92 Å². The van der Waals surface area contributed by atoms with E-state index in [2.05, 4.69) is 22.7 Å². The zero-order valence-electron chi connectivity index (χ0n) is 10.6. The normalized spacial score (nSPS) is 11.1. The molecule has 2 aromatic carbocycles. The molecule has 2 rings (SSSR count). The first kappa shape index (κ1) is 12.8. The fourth-order valence-corrected chi connectivity index (χ4v) is 1.74. The lowest BCUT2D eigenvalue weighted by Crippen LogP contribution is -2.25. The molecule has 0 aliphatic heterocycles. The number of hydrazone groups is 1. The molecule has 0 aromatic heterocycles. The van der Waals surface area contributed by atoms with Crippen LogP contribution in [0.5, 0.6) is 0 Å². The van der Waals surface area contributed by atoms with E-state index in [0.717, 1.165) is 11.1 Å². The summed E-state index contributed by atoms with van der Waals surface area (Å²) in [6, 6.07) is 17.4. The Bertz CT molecular complexity index is 589. The predicted octanol–water partition coefficient (Wildman–Crippen LogP) is 2.75. The maximum absolute atomic E-state index is 10.6. The van der Waals surface area contributed by atoms with Crippen molar-refractivity contribution in [3.63, 3.8) is 0 Å². The number of hydrogen-bond acceptors (Lipinski definition) is 2. The lowest BCUT2D eigenvalue weighted by molar-refractivity contribution is 0.249. The number of nitrogens with zero attached hydrogens (tertiary/aromatic N) is 1. The van der Waals surface area contributed by atoms with Gasteiger partial charge in [-0.2, -0.15) is 5.10 Å². The average molecular weight is 253 g/mol. The van der Waals surface area contributed by atoms with Gasteiger partial charge in [-0.1, -0.05) is 54.6 Å². The third-order valence-electron chi connectivity index (χ3n) is 2.74. The molecule has 0 aliphatic rings. The molecule has 4 heteroatoms. The summed E-state index contributed by atoms with van der Waals surface area (Å²) < 4.78 is 0. The van der Waals surface area contributed by atoms with E-state index in [4.69, 9.17) is 5.73 Å². The molecule has 0 unspecified atom stereocenters. The Balaban J connectivity index is 2.19. The van der Waals surface area contributed by atoms with Gasteiger partial charge in [0.1, 0.15) is 0 Å². The van der Waals surface area contributed by atoms with Crippen LogP contribution in [0.15, 0.2) is 59.7 Å². The van der Waals surface area contributed by atoms with Crippen LogP contribution in [0.4, 0.5) is 4.79 Å². The van der Waals surface area contributed by atoms with Crippen LogP contribution in [0.25, 0.3) is 11.1 Å². The van der Waals surface area contributed by atoms with Gasteiger partial charge in [0.2, 0.25) is 0 Å². The molecule has 19 heavy (non-hydrogen) atoms. The third-order valence-corrected chi connectivity index (χ3v) is 2.74. The standard InChI is InChI=1S/C15H15N3O/c1-11(17-18-15(16)19)12-7-9-14(10-8-12)13-5-3-2-4-6-13/h2-10H,1H3,(H3,16,18,19)/b17-11+. The van der Waals surface area contributed by atoms with Gasteiger partial charge in [0.25, 0.3) is 0 Å². The zero-order valence-corrected chi connectivity index (χ0v) is 10.6. The van der Waals surface area contributed by atoms with Gasteiger partial charge < -0.3 is 5.73 Å². The van der Waals surface area contributed by atoms with E-state index in [9.17, 15) is 4.79 Å². The molecule has 0 saturated carbocycles. The van der Waals surface area contributed by atoms with Crippen LogP contribution >= 0.6 is 0 Å². The van der Waals surface area contributed by atoms with Crippen molar-refractivity contribution in [1.82, 2.24) is 5.43 Å². The summed E-state index contributed by atoms with van der Waals surface area (Å²) in [6.07, 6.45) is 0. The minimum Gasteiger partial charge on any atom is -0.350 e. The van der Waals surface area contributed by atoms with Crippen LogP contribution in [-0.2, 0) is 0 Å². The van der Waals surface area contributed by atoms with E-state index in [1.165, 1.54) is 5.56 Å². The lowest BCUT2D eigenvalue weighted by atomic mass is 10.0. The highest BCUT2D eigenvalue weighted by atomic mass is 16.2. The Kier molecular flexibility index (Phi) is 3.93. The second kappa shape index (κ2) is 5.82. The van der Waals surface area contributed by atoms with Crippen LogP contribution in [0.1, 0.15) is 12.5 Å². The number of amides is 2. The number of rotatable bonds is 3. The summed E-state index contributed by atoms with van der Waals surface area (Å²) in [4.78, 5) is 10.6. The molecule has 0 heterocycles. The summed E-state index contributed by atoms with van der Waals surface area (Å²) in [5, 5.41) is 3.89. The van der Waals surface area contributed by atoms with Gasteiger partial charge >= 0.3 is 6.03 Å². The van der Waals surface area contributed by atoms with Crippen molar-refractivity contribution < 1.29 is 4.79 Å². The molecule has 4 nitrogen and oxygen atoms in total. The topological polar surface area (TPSA) is 67.5 Å². The third kappa shape index (κ3) is 3.42. The highest BCUT2D eigenvalue weighted by molar-refractivity contribution is 5.99. The Morgan fingerprint density at radius 1 is 1.00 bits per heavy atom. The Morgan fingerprint density at radius 3 is 2.16 bits per heavy atom. The van der Waals surface area contributed by atoms with Gasteiger partial charge in [0, 0.05) is 0 Å². The monoisotopic (exact) mass is 253 g/mol. The van der Waals surface area contributed by atoms with E-state index in [-0.39, 0.29) is 0 Å². The fraction of sp³-hybridized carbons (Fsp3) is 0.0667. The summed E-state index contributed by atoms with van der Waals surface area (Å²) in [6.45, 7) is 1.81. The Morgan fingerprint density at radius 2 is 1.58 bits per heavy atom. The van der Waals surface area contributed by atoms with Gasteiger partial charge in [-0.25, -0.2) is 10.2 Å². The maximum atomic E-state index is 10.6. The number of hydrogen-bond donors (Lipinski definition) is 2. The molecule has 0 bridgehead atoms. The van der Waals surface area contributed by atoms with Gasteiger partial charge in [-0.05, 0) is 23.6 Å². The van der Waals surface area contributed by atoms with Crippen molar-refractivity contribution in [1.29, 1.82) is 0 Å². The Hall–Kier alpha value is -2.62. The quantitative estimate of drug-likeness (QED) is 0.641. The van der Waals surface area contributed by atoms with Gasteiger partial charge in [-0.3, -0.25) is 0 Å². The number of urea groups is 1. The molecular formula is C15H15N3O. The van der Waals surface area contributed by atoms with Crippen LogP contribution in [-0.4, -0.2) is 11.7 Å². The van der Waals surface area contributed by atoms with E-state index in [0.29, 0.717) is 5.71 Å². The SMILES string of the molecule is C/C(=N\NC(N)=O)c1ccc(-c2ccccc2)cc1. The maximum Gasteiger partial charge on any atom is 0.332 e. The van der Waals surface area contributed by atoms with Crippen LogP contribution < -0.4 is 11.2 Å². The molecule has 3 N–H and O–H groups in total. The second-order valence-electron chi connectivity index (χ2n) is 4.12. The Labute approximate surface area is 112 Å². The summed E-state index contributed by atoms with van der Waals surface area (Å²) in [5.74, 6) is 0. The number of carbonyl (C=O) groups is 1. The molecule has 2 amide bonds.